The fourth-order valence-corrected chi connectivity index (χ4v) is 1.34. The highest BCUT2D eigenvalue weighted by molar-refractivity contribution is 5.95. The smallest absolute Gasteiger partial charge is 0.191 e. The van der Waals surface area contributed by atoms with Gasteiger partial charge in [0.05, 0.1) is 0 Å². The molecule has 1 aromatic carbocycles. The maximum absolute atomic E-state index is 11.4. The zero-order chi connectivity index (χ0) is 12.7. The molecule has 0 saturated carbocycles. The van der Waals surface area contributed by atoms with Crippen LogP contribution in [0.3, 0.4) is 0 Å². The summed E-state index contributed by atoms with van der Waals surface area (Å²) in [7, 11) is 3.11. The van der Waals surface area contributed by atoms with Crippen LogP contribution in [0.5, 0.6) is 5.75 Å². The molecule has 0 aliphatic rings. The van der Waals surface area contributed by atoms with E-state index in [0.29, 0.717) is 24.3 Å². The number of benzene rings is 1. The number of ether oxygens (including phenoxy) is 3. The lowest BCUT2D eigenvalue weighted by molar-refractivity contribution is -0.121. The van der Waals surface area contributed by atoms with Crippen molar-refractivity contribution in [2.75, 3.05) is 20.8 Å². The van der Waals surface area contributed by atoms with Crippen molar-refractivity contribution in [2.45, 2.75) is 19.6 Å². The topological polar surface area (TPSA) is 44.8 Å². The first kappa shape index (κ1) is 13.7. The zero-order valence-corrected chi connectivity index (χ0v) is 10.4. The normalized spacial score (nSPS) is 10.6. The van der Waals surface area contributed by atoms with Crippen LogP contribution < -0.4 is 4.74 Å². The van der Waals surface area contributed by atoms with E-state index < -0.39 is 0 Å². The molecule has 0 spiro atoms. The van der Waals surface area contributed by atoms with Crippen LogP contribution in [-0.2, 0) is 9.47 Å². The molecule has 4 nitrogen and oxygen atoms in total. The highest BCUT2D eigenvalue weighted by Gasteiger charge is 2.07. The standard InChI is InChI=1S/C13H18O4/c1-4-12(14)10-5-7-11(8-6-10)17-9-13(15-2)16-3/h5-8,13H,4,9H2,1-3H3. The van der Waals surface area contributed by atoms with Gasteiger partial charge in [-0.3, -0.25) is 4.79 Å². The molecule has 0 N–H and O–H groups in total. The highest BCUT2D eigenvalue weighted by atomic mass is 16.7. The molecule has 0 saturated heterocycles. The Morgan fingerprint density at radius 1 is 1.18 bits per heavy atom. The van der Waals surface area contributed by atoms with E-state index in [1.165, 1.54) is 0 Å². The molecule has 0 radical (unpaired) electrons. The van der Waals surface area contributed by atoms with Crippen LogP contribution in [-0.4, -0.2) is 32.9 Å². The molecule has 0 aliphatic heterocycles. The summed E-state index contributed by atoms with van der Waals surface area (Å²) in [5.74, 6) is 0.819. The molecular weight excluding hydrogens is 220 g/mol. The molecule has 0 fully saturated rings. The van der Waals surface area contributed by atoms with Gasteiger partial charge in [0.2, 0.25) is 0 Å². The summed E-state index contributed by atoms with van der Waals surface area (Å²) in [6.45, 7) is 2.16. The number of carbonyl (C=O) groups is 1. The van der Waals surface area contributed by atoms with Crippen LogP contribution >= 0.6 is 0 Å². The van der Waals surface area contributed by atoms with Crippen LogP contribution in [0.1, 0.15) is 23.7 Å². The summed E-state index contributed by atoms with van der Waals surface area (Å²) in [5.41, 5.74) is 0.704. The number of methoxy groups -OCH3 is 2. The SMILES string of the molecule is CCC(=O)c1ccc(OCC(OC)OC)cc1. The molecule has 0 unspecified atom stereocenters. The Labute approximate surface area is 101 Å². The monoisotopic (exact) mass is 238 g/mol. The summed E-state index contributed by atoms with van der Waals surface area (Å²) >= 11 is 0. The van der Waals surface area contributed by atoms with Crippen molar-refractivity contribution in [1.82, 2.24) is 0 Å². The van der Waals surface area contributed by atoms with Crippen LogP contribution in [0.25, 0.3) is 0 Å². The average molecular weight is 238 g/mol. The molecule has 0 aliphatic carbocycles. The number of hydrogen-bond acceptors (Lipinski definition) is 4. The van der Waals surface area contributed by atoms with Crippen molar-refractivity contribution in [2.24, 2.45) is 0 Å². The minimum atomic E-state index is -0.382. The molecule has 0 heterocycles. The summed E-state index contributed by atoms with van der Waals surface area (Å²) in [6.07, 6.45) is 0.127. The third kappa shape index (κ3) is 4.17. The quantitative estimate of drug-likeness (QED) is 0.540. The maximum Gasteiger partial charge on any atom is 0.191 e. The van der Waals surface area contributed by atoms with E-state index in [-0.39, 0.29) is 12.1 Å². The number of rotatable bonds is 7. The molecule has 0 amide bonds. The van der Waals surface area contributed by atoms with Gasteiger partial charge in [0.1, 0.15) is 12.4 Å². The molecular formula is C13H18O4. The van der Waals surface area contributed by atoms with Gasteiger partial charge in [-0.25, -0.2) is 0 Å². The van der Waals surface area contributed by atoms with E-state index in [2.05, 4.69) is 0 Å². The van der Waals surface area contributed by atoms with E-state index in [9.17, 15) is 4.79 Å². The van der Waals surface area contributed by atoms with Crippen molar-refractivity contribution in [3.63, 3.8) is 0 Å². The largest absolute Gasteiger partial charge is 0.488 e. The molecule has 4 heteroatoms. The molecule has 1 aromatic rings. The second-order valence-electron chi connectivity index (χ2n) is 3.51. The lowest BCUT2D eigenvalue weighted by Gasteiger charge is -2.14. The van der Waals surface area contributed by atoms with Crippen LogP contribution in [0.15, 0.2) is 24.3 Å². The van der Waals surface area contributed by atoms with Gasteiger partial charge in [-0.1, -0.05) is 6.92 Å². The Kier molecular flexibility index (Phi) is 5.66. The number of carbonyl (C=O) groups excluding carboxylic acids is 1. The second kappa shape index (κ2) is 7.04. The Morgan fingerprint density at radius 3 is 2.24 bits per heavy atom. The summed E-state index contributed by atoms with van der Waals surface area (Å²) < 4.78 is 15.5. The van der Waals surface area contributed by atoms with E-state index in [4.69, 9.17) is 14.2 Å². The van der Waals surface area contributed by atoms with Gasteiger partial charge in [0, 0.05) is 26.2 Å². The van der Waals surface area contributed by atoms with Crippen molar-refractivity contribution in [3.05, 3.63) is 29.8 Å². The van der Waals surface area contributed by atoms with Crippen LogP contribution in [0.2, 0.25) is 0 Å². The first-order valence-corrected chi connectivity index (χ1v) is 5.53. The third-order valence-corrected chi connectivity index (χ3v) is 2.41. The van der Waals surface area contributed by atoms with E-state index in [1.54, 1.807) is 38.5 Å². The summed E-state index contributed by atoms with van der Waals surface area (Å²) in [4.78, 5) is 11.4. The first-order chi connectivity index (χ1) is 8.21. The number of Topliss-reactive ketones (excluding diaryl/α,β-unsaturated/α-hetero) is 1. The summed E-state index contributed by atoms with van der Waals surface area (Å²) in [6, 6.07) is 7.06. The van der Waals surface area contributed by atoms with Crippen molar-refractivity contribution >= 4 is 5.78 Å². The van der Waals surface area contributed by atoms with E-state index in [1.807, 2.05) is 6.92 Å². The van der Waals surface area contributed by atoms with Gasteiger partial charge in [-0.05, 0) is 24.3 Å². The van der Waals surface area contributed by atoms with Gasteiger partial charge < -0.3 is 14.2 Å². The van der Waals surface area contributed by atoms with Crippen molar-refractivity contribution < 1.29 is 19.0 Å². The Morgan fingerprint density at radius 2 is 1.76 bits per heavy atom. The Balaban J connectivity index is 2.53. The molecule has 0 bridgehead atoms. The number of hydrogen-bond donors (Lipinski definition) is 0. The Bertz CT molecular complexity index is 341. The van der Waals surface area contributed by atoms with Gasteiger partial charge in [-0.2, -0.15) is 0 Å². The predicted octanol–water partition coefficient (Wildman–Crippen LogP) is 2.28. The van der Waals surface area contributed by atoms with Gasteiger partial charge in [0.25, 0.3) is 0 Å². The minimum absolute atomic E-state index is 0.128. The molecule has 17 heavy (non-hydrogen) atoms. The third-order valence-electron chi connectivity index (χ3n) is 2.41. The summed E-state index contributed by atoms with van der Waals surface area (Å²) in [5, 5.41) is 0. The van der Waals surface area contributed by atoms with Gasteiger partial charge in [-0.15, -0.1) is 0 Å². The van der Waals surface area contributed by atoms with E-state index >= 15 is 0 Å². The Hall–Kier alpha value is -1.39. The second-order valence-corrected chi connectivity index (χ2v) is 3.51. The van der Waals surface area contributed by atoms with Gasteiger partial charge in [0.15, 0.2) is 12.1 Å². The maximum atomic E-state index is 11.4. The van der Waals surface area contributed by atoms with Crippen molar-refractivity contribution in [1.29, 1.82) is 0 Å². The fraction of sp³-hybridized carbons (Fsp3) is 0.462. The molecule has 1 rings (SSSR count). The van der Waals surface area contributed by atoms with Gasteiger partial charge >= 0.3 is 0 Å². The molecule has 94 valence electrons. The van der Waals surface area contributed by atoms with E-state index in [0.717, 1.165) is 0 Å². The lowest BCUT2D eigenvalue weighted by atomic mass is 10.1. The number of ketones is 1. The highest BCUT2D eigenvalue weighted by Crippen LogP contribution is 2.14. The molecule has 0 atom stereocenters. The predicted molar refractivity (Wildman–Crippen MR) is 64.4 cm³/mol. The molecule has 0 aromatic heterocycles. The minimum Gasteiger partial charge on any atom is -0.488 e. The van der Waals surface area contributed by atoms with Crippen LogP contribution in [0, 0.1) is 0 Å². The fourth-order valence-electron chi connectivity index (χ4n) is 1.34. The zero-order valence-electron chi connectivity index (χ0n) is 10.4. The van der Waals surface area contributed by atoms with Crippen LogP contribution in [0.4, 0.5) is 0 Å². The first-order valence-electron chi connectivity index (χ1n) is 5.53. The van der Waals surface area contributed by atoms with Crippen molar-refractivity contribution in [3.8, 4) is 5.75 Å². The average Bonchev–Trinajstić information content (AvgIpc) is 2.39. The lowest BCUT2D eigenvalue weighted by Crippen LogP contribution is -2.21.